The van der Waals surface area contributed by atoms with Crippen LogP contribution in [0.4, 0.5) is 4.79 Å². The zero-order chi connectivity index (χ0) is 14.6. The van der Waals surface area contributed by atoms with Crippen LogP contribution in [0.25, 0.3) is 0 Å². The summed E-state index contributed by atoms with van der Waals surface area (Å²) in [5, 5.41) is 0. The van der Waals surface area contributed by atoms with E-state index in [2.05, 4.69) is 24.9 Å². The van der Waals surface area contributed by atoms with Gasteiger partial charge in [0.05, 0.1) is 0 Å². The quantitative estimate of drug-likeness (QED) is 0.783. The van der Waals surface area contributed by atoms with Gasteiger partial charge >= 0.3 is 5.43 Å². The van der Waals surface area contributed by atoms with Crippen LogP contribution in [-0.4, -0.2) is 30.5 Å². The lowest BCUT2D eigenvalue weighted by Gasteiger charge is -2.35. The van der Waals surface area contributed by atoms with Crippen molar-refractivity contribution in [2.24, 2.45) is 0 Å². The number of likely N-dealkylation sites (tertiary alicyclic amines) is 1. The molecule has 4 heteroatoms. The number of carbonyl (C=O) groups is 1. The van der Waals surface area contributed by atoms with Gasteiger partial charge in [-0.1, -0.05) is 25.5 Å². The normalized spacial score (nSPS) is 24.1. The topological polar surface area (TPSA) is 29.5 Å². The lowest BCUT2D eigenvalue weighted by atomic mass is 9.74. The van der Waals surface area contributed by atoms with Crippen LogP contribution in [0.5, 0.6) is 5.75 Å². The number of halogens is 1. The molecule has 0 bridgehead atoms. The van der Waals surface area contributed by atoms with Crippen LogP contribution in [0.2, 0.25) is 0 Å². The van der Waals surface area contributed by atoms with E-state index >= 15 is 0 Å². The summed E-state index contributed by atoms with van der Waals surface area (Å²) < 4.78 is 5.01. The third-order valence-electron chi connectivity index (χ3n) is 4.34. The predicted molar refractivity (Wildman–Crippen MR) is 81.6 cm³/mol. The summed E-state index contributed by atoms with van der Waals surface area (Å²) in [7, 11) is 2.18. The number of benzene rings is 1. The highest BCUT2D eigenvalue weighted by Crippen LogP contribution is 2.37. The number of hydrogen-bond donors (Lipinski definition) is 0. The van der Waals surface area contributed by atoms with Crippen LogP contribution in [-0.2, 0) is 5.41 Å². The second-order valence-electron chi connectivity index (χ2n) is 5.70. The van der Waals surface area contributed by atoms with Gasteiger partial charge in [-0.25, -0.2) is 4.79 Å². The summed E-state index contributed by atoms with van der Waals surface area (Å²) >= 11 is 5.30. The molecule has 1 aromatic carbocycles. The average molecular weight is 296 g/mol. The van der Waals surface area contributed by atoms with Crippen LogP contribution < -0.4 is 4.74 Å². The van der Waals surface area contributed by atoms with E-state index in [0.29, 0.717) is 5.75 Å². The van der Waals surface area contributed by atoms with Crippen molar-refractivity contribution in [2.45, 2.75) is 38.0 Å². The van der Waals surface area contributed by atoms with E-state index in [1.54, 1.807) is 6.07 Å². The van der Waals surface area contributed by atoms with Gasteiger partial charge < -0.3 is 9.64 Å². The first-order valence-corrected chi connectivity index (χ1v) is 7.60. The van der Waals surface area contributed by atoms with Crippen molar-refractivity contribution in [2.75, 3.05) is 20.1 Å². The second kappa shape index (κ2) is 6.59. The van der Waals surface area contributed by atoms with Crippen molar-refractivity contribution < 1.29 is 9.53 Å². The molecule has 1 unspecified atom stereocenters. The first kappa shape index (κ1) is 15.3. The first-order chi connectivity index (χ1) is 9.55. The van der Waals surface area contributed by atoms with Crippen molar-refractivity contribution in [3.8, 4) is 5.75 Å². The van der Waals surface area contributed by atoms with Crippen molar-refractivity contribution >= 4 is 17.0 Å². The molecule has 1 aliphatic heterocycles. The van der Waals surface area contributed by atoms with E-state index < -0.39 is 5.43 Å². The Balaban J connectivity index is 2.32. The third-order valence-corrected chi connectivity index (χ3v) is 4.42. The number of hydrogen-bond acceptors (Lipinski definition) is 3. The Bertz CT molecular complexity index is 477. The van der Waals surface area contributed by atoms with Gasteiger partial charge in [-0.05, 0) is 50.6 Å². The van der Waals surface area contributed by atoms with Crippen LogP contribution in [0.1, 0.15) is 38.2 Å². The van der Waals surface area contributed by atoms with Crippen molar-refractivity contribution in [3.63, 3.8) is 0 Å². The fraction of sp³-hybridized carbons (Fsp3) is 0.562. The molecule has 0 saturated carbocycles. The standard InChI is InChI=1S/C16H22ClNO2/c1-3-16(9-4-5-10-18(2)12-16)13-7-6-8-14(11-13)20-15(17)19/h6-8,11H,3-5,9-10,12H2,1-2H3. The Hall–Kier alpha value is -1.06. The Labute approximate surface area is 125 Å². The fourth-order valence-corrected chi connectivity index (χ4v) is 3.32. The molecule has 20 heavy (non-hydrogen) atoms. The summed E-state index contributed by atoms with van der Waals surface area (Å²) in [5.74, 6) is 0.530. The van der Waals surface area contributed by atoms with E-state index in [1.807, 2.05) is 12.1 Å². The average Bonchev–Trinajstić information content (AvgIpc) is 2.61. The molecule has 1 heterocycles. The van der Waals surface area contributed by atoms with Crippen molar-refractivity contribution in [3.05, 3.63) is 29.8 Å². The highest BCUT2D eigenvalue weighted by atomic mass is 35.5. The molecule has 1 aromatic rings. The number of nitrogens with zero attached hydrogens (tertiary/aromatic N) is 1. The fourth-order valence-electron chi connectivity index (χ4n) is 3.23. The zero-order valence-corrected chi connectivity index (χ0v) is 12.9. The monoisotopic (exact) mass is 295 g/mol. The van der Waals surface area contributed by atoms with E-state index in [-0.39, 0.29) is 5.41 Å². The molecule has 2 rings (SSSR count). The van der Waals surface area contributed by atoms with Gasteiger partial charge in [0.15, 0.2) is 0 Å². The van der Waals surface area contributed by atoms with Crippen molar-refractivity contribution in [1.29, 1.82) is 0 Å². The summed E-state index contributed by atoms with van der Waals surface area (Å²) in [6.07, 6.45) is 4.73. The molecule has 0 spiro atoms. The van der Waals surface area contributed by atoms with Gasteiger partial charge in [0.1, 0.15) is 5.75 Å². The minimum atomic E-state index is -0.786. The van der Waals surface area contributed by atoms with Crippen LogP contribution in [0.15, 0.2) is 24.3 Å². The third kappa shape index (κ3) is 3.53. The van der Waals surface area contributed by atoms with E-state index in [0.717, 1.165) is 19.5 Å². The maximum atomic E-state index is 10.9. The van der Waals surface area contributed by atoms with Crippen molar-refractivity contribution in [1.82, 2.24) is 4.90 Å². The second-order valence-corrected chi connectivity index (χ2v) is 6.00. The van der Waals surface area contributed by atoms with Gasteiger partial charge in [-0.2, -0.15) is 0 Å². The Morgan fingerprint density at radius 2 is 2.25 bits per heavy atom. The van der Waals surface area contributed by atoms with Crippen LogP contribution >= 0.6 is 11.6 Å². The van der Waals surface area contributed by atoms with Crippen LogP contribution in [0.3, 0.4) is 0 Å². The first-order valence-electron chi connectivity index (χ1n) is 7.22. The maximum absolute atomic E-state index is 10.9. The van der Waals surface area contributed by atoms with E-state index in [9.17, 15) is 4.79 Å². The van der Waals surface area contributed by atoms with Gasteiger partial charge in [-0.15, -0.1) is 0 Å². The van der Waals surface area contributed by atoms with E-state index in [1.165, 1.54) is 24.8 Å². The lowest BCUT2D eigenvalue weighted by Crippen LogP contribution is -2.37. The van der Waals surface area contributed by atoms with Gasteiger partial charge in [0.2, 0.25) is 0 Å². The minimum Gasteiger partial charge on any atom is -0.414 e. The molecule has 0 N–H and O–H groups in total. The Morgan fingerprint density at radius 3 is 2.95 bits per heavy atom. The summed E-state index contributed by atoms with van der Waals surface area (Å²) in [4.78, 5) is 13.3. The molecule has 1 fully saturated rings. The lowest BCUT2D eigenvalue weighted by molar-refractivity contribution is 0.225. The highest BCUT2D eigenvalue weighted by Gasteiger charge is 2.33. The van der Waals surface area contributed by atoms with E-state index in [4.69, 9.17) is 16.3 Å². The number of ether oxygens (including phenoxy) is 1. The Morgan fingerprint density at radius 1 is 1.45 bits per heavy atom. The smallest absolute Gasteiger partial charge is 0.409 e. The zero-order valence-electron chi connectivity index (χ0n) is 12.2. The minimum absolute atomic E-state index is 0.139. The van der Waals surface area contributed by atoms with Gasteiger partial charge in [-0.3, -0.25) is 0 Å². The molecule has 3 nitrogen and oxygen atoms in total. The van der Waals surface area contributed by atoms with Gasteiger partial charge in [0, 0.05) is 23.6 Å². The summed E-state index contributed by atoms with van der Waals surface area (Å²) in [6, 6.07) is 7.80. The molecule has 0 aromatic heterocycles. The SMILES string of the molecule is CCC1(c2cccc(OC(=O)Cl)c2)CCCCN(C)C1. The Kier molecular flexibility index (Phi) is 5.06. The summed E-state index contributed by atoms with van der Waals surface area (Å²) in [5.41, 5.74) is 0.592. The molecule has 110 valence electrons. The number of likely N-dealkylation sites (N-methyl/N-ethyl adjacent to an activating group) is 1. The molecule has 1 atom stereocenters. The highest BCUT2D eigenvalue weighted by molar-refractivity contribution is 6.61. The molecule has 0 aliphatic carbocycles. The molecule has 0 amide bonds. The maximum Gasteiger partial charge on any atom is 0.409 e. The molecular weight excluding hydrogens is 274 g/mol. The predicted octanol–water partition coefficient (Wildman–Crippen LogP) is 4.19. The molecule has 1 aliphatic rings. The molecule has 0 radical (unpaired) electrons. The largest absolute Gasteiger partial charge is 0.414 e. The molecule has 1 saturated heterocycles. The number of carbonyl (C=O) groups excluding carboxylic acids is 1. The van der Waals surface area contributed by atoms with Gasteiger partial charge in [0.25, 0.3) is 0 Å². The summed E-state index contributed by atoms with van der Waals surface area (Å²) in [6.45, 7) is 4.43. The molecular formula is C16H22ClNO2. The van der Waals surface area contributed by atoms with Crippen LogP contribution in [0, 0.1) is 0 Å². The number of rotatable bonds is 3.